The molecule has 0 unspecified atom stereocenters. The average molecular weight is 349 g/mol. The molecular weight excluding hydrogens is 334 g/mol. The number of carboxylic acid groups (broad SMARTS) is 1. The first kappa shape index (κ1) is 18.1. The van der Waals surface area contributed by atoms with E-state index in [2.05, 4.69) is 4.98 Å². The van der Waals surface area contributed by atoms with Crippen molar-refractivity contribution in [2.24, 2.45) is 0 Å². The number of aromatic amines is 1. The van der Waals surface area contributed by atoms with Gasteiger partial charge in [-0.1, -0.05) is 0 Å². The number of amides is 1. The van der Waals surface area contributed by atoms with Gasteiger partial charge in [0, 0.05) is 42.8 Å². The third-order valence-electron chi connectivity index (χ3n) is 3.45. The number of fused-ring (bicyclic) bond motifs is 1. The van der Waals surface area contributed by atoms with Crippen molar-refractivity contribution < 1.29 is 24.4 Å². The van der Waals surface area contributed by atoms with Crippen LogP contribution in [0.15, 0.2) is 29.1 Å². The van der Waals surface area contributed by atoms with Crippen molar-refractivity contribution in [3.63, 3.8) is 0 Å². The lowest BCUT2D eigenvalue weighted by Gasteiger charge is -2.21. The minimum atomic E-state index is -1.23. The van der Waals surface area contributed by atoms with Gasteiger partial charge in [0.1, 0.15) is 6.54 Å². The minimum absolute atomic E-state index is 0.00907. The topological polar surface area (TPSA) is 143 Å². The normalized spacial score (nSPS) is 10.6. The highest BCUT2D eigenvalue weighted by Gasteiger charge is 2.22. The second-order valence-corrected chi connectivity index (χ2v) is 5.15. The van der Waals surface area contributed by atoms with E-state index in [0.29, 0.717) is 0 Å². The molecule has 2 aromatic rings. The molecule has 0 radical (unpaired) electrons. The molecular formula is C15H15N3O7. The molecule has 0 atom stereocenters. The van der Waals surface area contributed by atoms with Gasteiger partial charge in [-0.05, 0) is 6.07 Å². The number of benzene rings is 1. The molecule has 0 saturated heterocycles. The van der Waals surface area contributed by atoms with Crippen molar-refractivity contribution in [1.29, 1.82) is 0 Å². The Morgan fingerprint density at radius 1 is 1.36 bits per heavy atom. The van der Waals surface area contributed by atoms with Crippen LogP contribution in [-0.4, -0.2) is 58.6 Å². The number of carboxylic acids is 1. The number of aromatic nitrogens is 1. The summed E-state index contributed by atoms with van der Waals surface area (Å²) in [5.74, 6) is -1.96. The molecule has 0 spiro atoms. The van der Waals surface area contributed by atoms with E-state index < -0.39 is 28.9 Å². The minimum Gasteiger partial charge on any atom is -0.480 e. The monoisotopic (exact) mass is 349 g/mol. The van der Waals surface area contributed by atoms with Crippen LogP contribution in [0.1, 0.15) is 10.4 Å². The van der Waals surface area contributed by atoms with Crippen molar-refractivity contribution in [3.05, 3.63) is 50.3 Å². The number of H-pyrrole nitrogens is 1. The Morgan fingerprint density at radius 2 is 2.08 bits per heavy atom. The summed E-state index contributed by atoms with van der Waals surface area (Å²) in [6.45, 7) is -0.503. The van der Waals surface area contributed by atoms with Crippen molar-refractivity contribution in [1.82, 2.24) is 9.88 Å². The standard InChI is InChI=1S/C15H15N3O7/c1-25-5-4-17(8-14(20)21)15(22)11-7-13(19)16-12-3-2-9(18(23)24)6-10(11)12/h2-3,6-7H,4-5,8H2,1H3,(H,16,19)(H,20,21). The quantitative estimate of drug-likeness (QED) is 0.550. The summed E-state index contributed by atoms with van der Waals surface area (Å²) in [6, 6.07) is 4.68. The largest absolute Gasteiger partial charge is 0.480 e. The molecule has 10 heteroatoms. The molecule has 0 aliphatic carbocycles. The number of nitrogens with zero attached hydrogens (tertiary/aromatic N) is 2. The molecule has 1 heterocycles. The number of nitrogens with one attached hydrogen (secondary N) is 1. The second kappa shape index (κ2) is 7.53. The molecule has 1 amide bonds. The molecule has 0 aliphatic rings. The predicted molar refractivity (Wildman–Crippen MR) is 86.6 cm³/mol. The van der Waals surface area contributed by atoms with E-state index in [9.17, 15) is 24.5 Å². The highest BCUT2D eigenvalue weighted by Crippen LogP contribution is 2.22. The van der Waals surface area contributed by atoms with E-state index in [1.54, 1.807) is 0 Å². The van der Waals surface area contributed by atoms with Gasteiger partial charge in [-0.15, -0.1) is 0 Å². The molecule has 25 heavy (non-hydrogen) atoms. The zero-order valence-corrected chi connectivity index (χ0v) is 13.2. The summed E-state index contributed by atoms with van der Waals surface area (Å²) < 4.78 is 4.86. The number of ether oxygens (including phenoxy) is 1. The molecule has 0 aliphatic heterocycles. The number of nitro groups is 1. The number of carbonyl (C=O) groups is 2. The Morgan fingerprint density at radius 3 is 2.68 bits per heavy atom. The van der Waals surface area contributed by atoms with Crippen LogP contribution in [0.4, 0.5) is 5.69 Å². The molecule has 132 valence electrons. The number of non-ortho nitro benzene ring substituents is 1. The van der Waals surface area contributed by atoms with Crippen molar-refractivity contribution in [2.75, 3.05) is 26.8 Å². The molecule has 2 rings (SSSR count). The SMILES string of the molecule is COCCN(CC(=O)O)C(=O)c1cc(=O)[nH]c2ccc([N+](=O)[O-])cc12. The maximum Gasteiger partial charge on any atom is 0.323 e. The van der Waals surface area contributed by atoms with E-state index in [-0.39, 0.29) is 35.3 Å². The van der Waals surface area contributed by atoms with Crippen LogP contribution in [0, 0.1) is 10.1 Å². The maximum absolute atomic E-state index is 12.7. The molecule has 0 saturated carbocycles. The Labute approximate surface area is 140 Å². The lowest BCUT2D eigenvalue weighted by atomic mass is 10.1. The second-order valence-electron chi connectivity index (χ2n) is 5.15. The highest BCUT2D eigenvalue weighted by atomic mass is 16.6. The number of hydrogen-bond donors (Lipinski definition) is 2. The maximum atomic E-state index is 12.7. The summed E-state index contributed by atoms with van der Waals surface area (Å²) in [4.78, 5) is 49.3. The Bertz CT molecular complexity index is 890. The molecule has 1 aromatic carbocycles. The van der Waals surface area contributed by atoms with Crippen LogP contribution in [0.3, 0.4) is 0 Å². The zero-order valence-electron chi connectivity index (χ0n) is 13.2. The van der Waals surface area contributed by atoms with Crippen molar-refractivity contribution in [2.45, 2.75) is 0 Å². The average Bonchev–Trinajstić information content (AvgIpc) is 2.56. The number of rotatable bonds is 7. The van der Waals surface area contributed by atoms with E-state index in [1.165, 1.54) is 19.2 Å². The number of aliphatic carboxylic acids is 1. The van der Waals surface area contributed by atoms with Gasteiger partial charge < -0.3 is 19.7 Å². The van der Waals surface area contributed by atoms with Gasteiger partial charge in [0.25, 0.3) is 11.6 Å². The fraction of sp³-hybridized carbons (Fsp3) is 0.267. The highest BCUT2D eigenvalue weighted by molar-refractivity contribution is 6.07. The van der Waals surface area contributed by atoms with Crippen molar-refractivity contribution >= 4 is 28.5 Å². The summed E-state index contributed by atoms with van der Waals surface area (Å²) in [5, 5.41) is 20.1. The van der Waals surface area contributed by atoms with Gasteiger partial charge in [-0.3, -0.25) is 24.5 Å². The van der Waals surface area contributed by atoms with Gasteiger partial charge in [-0.2, -0.15) is 0 Å². The molecule has 1 aromatic heterocycles. The first-order valence-corrected chi connectivity index (χ1v) is 7.15. The zero-order chi connectivity index (χ0) is 18.6. The molecule has 0 fully saturated rings. The summed E-state index contributed by atoms with van der Waals surface area (Å²) in [5.41, 5.74) is -0.703. The van der Waals surface area contributed by atoms with Gasteiger partial charge in [0.05, 0.1) is 17.1 Å². The lowest BCUT2D eigenvalue weighted by molar-refractivity contribution is -0.384. The Balaban J connectivity index is 2.57. The number of nitro benzene ring substituents is 1. The van der Waals surface area contributed by atoms with Crippen molar-refractivity contribution in [3.8, 4) is 0 Å². The summed E-state index contributed by atoms with van der Waals surface area (Å²) >= 11 is 0. The summed E-state index contributed by atoms with van der Waals surface area (Å²) in [7, 11) is 1.40. The number of methoxy groups -OCH3 is 1. The van der Waals surface area contributed by atoms with Gasteiger partial charge in [0.2, 0.25) is 5.56 Å². The first-order valence-electron chi connectivity index (χ1n) is 7.15. The molecule has 10 nitrogen and oxygen atoms in total. The Hall–Kier alpha value is -3.27. The Kier molecular flexibility index (Phi) is 5.45. The third kappa shape index (κ3) is 4.18. The van der Waals surface area contributed by atoms with Crippen LogP contribution in [0.25, 0.3) is 10.9 Å². The van der Waals surface area contributed by atoms with E-state index in [0.717, 1.165) is 17.0 Å². The van der Waals surface area contributed by atoms with Gasteiger partial charge in [-0.25, -0.2) is 0 Å². The van der Waals surface area contributed by atoms with E-state index in [1.807, 2.05) is 0 Å². The van der Waals surface area contributed by atoms with Gasteiger partial charge in [0.15, 0.2) is 0 Å². The third-order valence-corrected chi connectivity index (χ3v) is 3.45. The number of hydrogen-bond acceptors (Lipinski definition) is 6. The van der Waals surface area contributed by atoms with Crippen LogP contribution in [0.2, 0.25) is 0 Å². The van der Waals surface area contributed by atoms with E-state index >= 15 is 0 Å². The van der Waals surface area contributed by atoms with Crippen LogP contribution in [0.5, 0.6) is 0 Å². The van der Waals surface area contributed by atoms with Gasteiger partial charge >= 0.3 is 5.97 Å². The van der Waals surface area contributed by atoms with Crippen LogP contribution < -0.4 is 5.56 Å². The fourth-order valence-electron chi connectivity index (χ4n) is 2.32. The molecule has 0 bridgehead atoms. The van der Waals surface area contributed by atoms with Crippen LogP contribution in [-0.2, 0) is 9.53 Å². The smallest absolute Gasteiger partial charge is 0.323 e. The molecule has 2 N–H and O–H groups in total. The lowest BCUT2D eigenvalue weighted by Crippen LogP contribution is -2.38. The number of carbonyl (C=O) groups excluding carboxylic acids is 1. The first-order chi connectivity index (χ1) is 11.8. The fourth-order valence-corrected chi connectivity index (χ4v) is 2.32. The van der Waals surface area contributed by atoms with E-state index in [4.69, 9.17) is 9.84 Å². The summed E-state index contributed by atoms with van der Waals surface area (Å²) in [6.07, 6.45) is 0. The predicted octanol–water partition coefficient (Wildman–Crippen LogP) is 0.609. The van der Waals surface area contributed by atoms with Crippen LogP contribution >= 0.6 is 0 Å². The number of pyridine rings is 1.